The second-order valence-corrected chi connectivity index (χ2v) is 32.0. The number of non-ortho nitro benzene ring substituents is 2. The number of nitrogens with two attached hydrogens (primary N) is 10. The van der Waals surface area contributed by atoms with Crippen molar-refractivity contribution in [3.05, 3.63) is 217 Å². The van der Waals surface area contributed by atoms with Crippen LogP contribution in [0.2, 0.25) is 0 Å². The number of benzene rings is 7. The van der Waals surface area contributed by atoms with Crippen molar-refractivity contribution >= 4 is 162 Å². The van der Waals surface area contributed by atoms with Crippen molar-refractivity contribution in [2.75, 3.05) is 57.3 Å². The number of anilines is 10. The molecule has 0 aliphatic rings. The topological polar surface area (TPSA) is 840 Å². The van der Waals surface area contributed by atoms with Crippen LogP contribution in [0.25, 0.3) is 0 Å². The van der Waals surface area contributed by atoms with E-state index in [1.165, 1.54) is 79.1 Å². The van der Waals surface area contributed by atoms with E-state index in [0.717, 1.165) is 64.8 Å². The molecule has 43 nitrogen and oxygen atoms in total. The highest BCUT2D eigenvalue weighted by Crippen LogP contribution is 2.38. The summed E-state index contributed by atoms with van der Waals surface area (Å²) in [5.74, 6) is -2.26. The number of carboxylic acid groups (broad SMARTS) is 2. The van der Waals surface area contributed by atoms with Crippen molar-refractivity contribution in [3.8, 4) is 0 Å². The predicted molar refractivity (Wildman–Crippen MR) is 405 cm³/mol. The lowest BCUT2D eigenvalue weighted by molar-refractivity contribution is -0.385. The molecular weight excluding hydrogens is 1590 g/mol. The molecule has 0 saturated carbocycles. The van der Waals surface area contributed by atoms with Gasteiger partial charge in [-0.05, 0) is 142 Å². The van der Waals surface area contributed by atoms with E-state index < -0.39 is 93.5 Å². The summed E-state index contributed by atoms with van der Waals surface area (Å²) in [6, 6.07) is 31.4. The van der Waals surface area contributed by atoms with Gasteiger partial charge in [0.1, 0.15) is 20.0 Å². The van der Waals surface area contributed by atoms with Gasteiger partial charge in [-0.2, -0.15) is 25.3 Å². The summed E-state index contributed by atoms with van der Waals surface area (Å²) in [4.78, 5) is 116. The number of aromatic carboxylic acids is 2. The molecular formula is C59H74N14O29P4S3. The van der Waals surface area contributed by atoms with Crippen LogP contribution in [0.3, 0.4) is 0 Å². The molecule has 0 amide bonds. The maximum Gasteiger partial charge on any atom is 0.376 e. The van der Waals surface area contributed by atoms with E-state index in [1.54, 1.807) is 64.1 Å². The fourth-order valence-electron chi connectivity index (χ4n) is 7.59. The zero-order valence-electron chi connectivity index (χ0n) is 56.9. The number of carboxylic acids is 2. The molecule has 0 saturated heterocycles. The third-order valence-corrected chi connectivity index (χ3v) is 19.4. The van der Waals surface area contributed by atoms with E-state index in [4.69, 9.17) is 120 Å². The maximum absolute atomic E-state index is 10.8. The quantitative estimate of drug-likeness (QED) is 0.0290. The van der Waals surface area contributed by atoms with Gasteiger partial charge in [0.15, 0.2) is 5.44 Å². The molecule has 9 aromatic rings. The summed E-state index contributed by atoms with van der Waals surface area (Å²) in [5, 5.41) is 36.9. The molecule has 7 aromatic carbocycles. The number of nitro groups is 2. The lowest BCUT2D eigenvalue weighted by Gasteiger charge is -2.07. The zero-order valence-corrected chi connectivity index (χ0v) is 63.0. The van der Waals surface area contributed by atoms with Gasteiger partial charge in [0.2, 0.25) is 0 Å². The van der Waals surface area contributed by atoms with E-state index in [0.29, 0.717) is 11.3 Å². The normalized spacial score (nSPS) is 11.0. The first kappa shape index (κ1) is 95.9. The van der Waals surface area contributed by atoms with Gasteiger partial charge in [0, 0.05) is 71.3 Å². The van der Waals surface area contributed by atoms with Gasteiger partial charge in [0.25, 0.3) is 41.7 Å². The fraction of sp³-hybridized carbons (Fsp3) is 0.0847. The van der Waals surface area contributed by atoms with Gasteiger partial charge in [-0.25, -0.2) is 14.6 Å². The average molecular weight is 1660 g/mol. The van der Waals surface area contributed by atoms with Crippen LogP contribution in [0.1, 0.15) is 48.5 Å². The van der Waals surface area contributed by atoms with E-state index in [1.807, 2.05) is 6.92 Å². The van der Waals surface area contributed by atoms with Crippen LogP contribution < -0.4 is 78.7 Å². The standard InChI is InChI=1S/C8H11NO3S.C8H9NO2.C7H6N2O4.C7H10NO3P.C7H9NO3S.C6H7N2O5P.C6H8N2O3S.2C5H7N2O3P/c1-5-3-6(2)8(9)7(4-5)13(10,11)12;1-5-2-3-7(9)6(4-5)8(10)11;8-6-2-1-4(9(12)13)3-5(6)7(10)11;2*1-5-2-3-6(8)7(4-5)12(9,10)11;7-5-2-1-4(8(9)10)3-6(5)14(11,12)13;7-4-1-2-5(8)6(3-4)12(9,10)11;6-4-1-2-7-3-5(4)11(8,9)10;6-4-2-1-3-7-5(4)11(8,9)10/h3-4H,9H2,1-2H3,(H,10,11,12);2-4H,9H2,1H3,(H,10,11);1-3H,8H2,(H,10,11);2-4H,8H2,1H3,(H2,9,10,11);2-4H,8H2,1H3,(H,9,10,11);1-3H,7H2,(H2,11,12,13);1-3H,7-8H2,(H,9,10,11);1-3H,(H2,6,7)(H2,8,9,10);1-3H,6H2,(H2,8,9,10). The minimum absolute atomic E-state index is 0.0121. The molecule has 592 valence electrons. The summed E-state index contributed by atoms with van der Waals surface area (Å²) >= 11 is 0. The van der Waals surface area contributed by atoms with Crippen LogP contribution in [0.5, 0.6) is 0 Å². The number of pyridine rings is 2. The van der Waals surface area contributed by atoms with E-state index in [2.05, 4.69) is 9.97 Å². The Balaban J connectivity index is 0.000000614. The second kappa shape index (κ2) is 40.2. The minimum atomic E-state index is -4.55. The molecule has 2 aromatic heterocycles. The van der Waals surface area contributed by atoms with Crippen LogP contribution in [0, 0.1) is 54.8 Å². The molecule has 33 N–H and O–H groups in total. The van der Waals surface area contributed by atoms with Crippen LogP contribution in [0.15, 0.2) is 173 Å². The monoisotopic (exact) mass is 1660 g/mol. The van der Waals surface area contributed by atoms with Gasteiger partial charge < -0.3 is 107 Å². The first-order valence-corrected chi connectivity index (χ1v) is 39.5. The van der Waals surface area contributed by atoms with Crippen LogP contribution in [0.4, 0.5) is 68.2 Å². The average Bonchev–Trinajstić information content (AvgIpc) is 0.882. The van der Waals surface area contributed by atoms with Crippen LogP contribution in [-0.4, -0.2) is 120 Å². The van der Waals surface area contributed by atoms with E-state index in [9.17, 15) is 73.3 Å². The van der Waals surface area contributed by atoms with Crippen molar-refractivity contribution < 1.29 is 126 Å². The third-order valence-electron chi connectivity index (χ3n) is 12.7. The molecule has 0 aliphatic carbocycles. The Morgan fingerprint density at radius 3 is 1.13 bits per heavy atom. The van der Waals surface area contributed by atoms with Gasteiger partial charge in [-0.1, -0.05) is 35.4 Å². The Bertz CT molecular complexity index is 5240. The van der Waals surface area contributed by atoms with Gasteiger partial charge >= 0.3 is 42.3 Å². The summed E-state index contributed by atoms with van der Waals surface area (Å²) in [6.45, 7) is 8.72. The smallest absolute Gasteiger partial charge is 0.376 e. The number of hydrogen-bond donors (Lipinski definition) is 23. The van der Waals surface area contributed by atoms with Crippen molar-refractivity contribution in [1.82, 2.24) is 9.97 Å². The number of carbonyl (C=O) groups is 2. The molecule has 109 heavy (non-hydrogen) atoms. The molecule has 0 bridgehead atoms. The summed E-state index contributed by atoms with van der Waals surface area (Å²) < 4.78 is 133. The SMILES string of the molecule is Cc1cc(C)c(N)c(S(=O)(=O)O)c1.Cc1ccc(N)c(C(=O)O)c1.Cc1ccc(N)c(P(=O)(O)O)c1.Cc1ccc(N)c(S(=O)(=O)O)c1.Nc1ccc(N)c(S(=O)(=O)O)c1.Nc1ccc([N+](=O)[O-])cc1C(=O)O.Nc1ccc([N+](=O)[O-])cc1P(=O)(O)O.Nc1cccnc1P(=O)(O)O.Nc1ccncc1P(=O)(O)O. The molecule has 0 aliphatic heterocycles. The zero-order chi connectivity index (χ0) is 84.6. The van der Waals surface area contributed by atoms with Gasteiger partial charge in [0.05, 0.1) is 60.0 Å². The second-order valence-electron chi connectivity index (χ2n) is 21.6. The Labute approximate surface area is 619 Å². The molecule has 0 atom stereocenters. The number of nitro benzene ring substituents is 2. The first-order chi connectivity index (χ1) is 49.5. The molecule has 0 radical (unpaired) electrons. The molecule has 0 fully saturated rings. The van der Waals surface area contributed by atoms with Crippen LogP contribution >= 0.6 is 30.4 Å². The van der Waals surface area contributed by atoms with Crippen molar-refractivity contribution in [2.45, 2.75) is 49.3 Å². The van der Waals surface area contributed by atoms with E-state index >= 15 is 0 Å². The Kier molecular flexibility index (Phi) is 35.4. The number of rotatable bonds is 11. The predicted octanol–water partition coefficient (Wildman–Crippen LogP) is 3.50. The lowest BCUT2D eigenvalue weighted by atomic mass is 10.1. The van der Waals surface area contributed by atoms with Crippen LogP contribution in [-0.2, 0) is 48.6 Å². The number of hydrogen-bond acceptors (Lipinski definition) is 28. The Morgan fingerprint density at radius 1 is 0.394 bits per heavy atom. The van der Waals surface area contributed by atoms with E-state index in [-0.39, 0.29) is 98.7 Å². The van der Waals surface area contributed by atoms with Crippen molar-refractivity contribution in [1.29, 1.82) is 0 Å². The molecule has 9 rings (SSSR count). The van der Waals surface area contributed by atoms with Crippen molar-refractivity contribution in [3.63, 3.8) is 0 Å². The highest BCUT2D eigenvalue weighted by atomic mass is 32.2. The highest BCUT2D eigenvalue weighted by molar-refractivity contribution is 7.86. The number of nitrogens with zero attached hydrogens (tertiary/aromatic N) is 4. The Hall–Kier alpha value is -11.1. The van der Waals surface area contributed by atoms with Gasteiger partial charge in [-0.3, -0.25) is 57.1 Å². The number of aromatic nitrogens is 2. The summed E-state index contributed by atoms with van der Waals surface area (Å²) in [7, 11) is -29.9. The minimum Gasteiger partial charge on any atom is -0.478 e. The molecule has 0 unspecified atom stereocenters. The largest absolute Gasteiger partial charge is 0.478 e. The fourth-order valence-corrected chi connectivity index (χ4v) is 12.5. The first-order valence-electron chi connectivity index (χ1n) is 28.8. The maximum atomic E-state index is 10.8. The molecule has 0 spiro atoms. The lowest BCUT2D eigenvalue weighted by Crippen LogP contribution is -2.13. The number of nitrogen functional groups attached to an aromatic ring is 10. The number of aryl methyl sites for hydroxylation is 5. The summed E-state index contributed by atoms with van der Waals surface area (Å²) in [6.07, 6.45) is 3.72. The van der Waals surface area contributed by atoms with Crippen molar-refractivity contribution in [2.24, 2.45) is 0 Å². The highest BCUT2D eigenvalue weighted by Gasteiger charge is 2.26. The Morgan fingerprint density at radius 2 is 0.761 bits per heavy atom. The summed E-state index contributed by atoms with van der Waals surface area (Å²) in [5.41, 5.74) is 56.7. The van der Waals surface area contributed by atoms with Gasteiger partial charge in [-0.15, -0.1) is 0 Å². The molecule has 2 heterocycles. The molecule has 50 heteroatoms. The third kappa shape index (κ3) is 32.9.